The first-order chi connectivity index (χ1) is 8.46. The van der Waals surface area contributed by atoms with Crippen LogP contribution in [-0.2, 0) is 11.3 Å². The van der Waals surface area contributed by atoms with Gasteiger partial charge in [0.2, 0.25) is 5.91 Å². The molecule has 1 atom stereocenters. The van der Waals surface area contributed by atoms with E-state index in [-0.39, 0.29) is 5.91 Å². The first kappa shape index (κ1) is 12.8. The number of primary amides is 1. The molecule has 1 unspecified atom stereocenters. The van der Waals surface area contributed by atoms with Crippen molar-refractivity contribution in [3.63, 3.8) is 0 Å². The second-order valence-electron chi connectivity index (χ2n) is 5.28. The van der Waals surface area contributed by atoms with E-state index in [1.807, 2.05) is 19.9 Å². The standard InChI is InChI=1S/C13H20N4O/c1-9-5-10(6-14)7-16-11(9)17-4-3-13(2,8-17)12(15)18/h5,7H,3-4,6,8,14H2,1-2H3,(H2,15,18). The Bertz CT molecular complexity index is 474. The summed E-state index contributed by atoms with van der Waals surface area (Å²) in [5.74, 6) is 0.693. The van der Waals surface area contributed by atoms with Gasteiger partial charge in [-0.15, -0.1) is 0 Å². The number of rotatable bonds is 3. The maximum absolute atomic E-state index is 11.4. The molecule has 1 fully saturated rings. The van der Waals surface area contributed by atoms with Crippen LogP contribution < -0.4 is 16.4 Å². The van der Waals surface area contributed by atoms with Crippen molar-refractivity contribution < 1.29 is 4.79 Å². The number of carbonyl (C=O) groups is 1. The molecule has 98 valence electrons. The van der Waals surface area contributed by atoms with Crippen LogP contribution in [0.1, 0.15) is 24.5 Å². The van der Waals surface area contributed by atoms with Crippen molar-refractivity contribution in [3.8, 4) is 0 Å². The summed E-state index contributed by atoms with van der Waals surface area (Å²) in [5, 5.41) is 0. The number of amides is 1. The lowest BCUT2D eigenvalue weighted by molar-refractivity contribution is -0.125. The van der Waals surface area contributed by atoms with Crippen molar-refractivity contribution in [1.29, 1.82) is 0 Å². The molecule has 0 aromatic carbocycles. The maximum atomic E-state index is 11.4. The number of nitrogens with two attached hydrogens (primary N) is 2. The second-order valence-corrected chi connectivity index (χ2v) is 5.28. The van der Waals surface area contributed by atoms with E-state index in [1.54, 1.807) is 6.20 Å². The van der Waals surface area contributed by atoms with Gasteiger partial charge in [-0.2, -0.15) is 0 Å². The fourth-order valence-electron chi connectivity index (χ4n) is 2.41. The number of hydrogen-bond donors (Lipinski definition) is 2. The van der Waals surface area contributed by atoms with Crippen molar-refractivity contribution in [2.75, 3.05) is 18.0 Å². The molecule has 5 heteroatoms. The molecule has 2 rings (SSSR count). The zero-order valence-corrected chi connectivity index (χ0v) is 10.9. The molecule has 1 aromatic rings. The lowest BCUT2D eigenvalue weighted by Gasteiger charge is -2.23. The monoisotopic (exact) mass is 248 g/mol. The summed E-state index contributed by atoms with van der Waals surface area (Å²) in [4.78, 5) is 18.0. The van der Waals surface area contributed by atoms with Gasteiger partial charge in [-0.05, 0) is 37.5 Å². The van der Waals surface area contributed by atoms with Crippen molar-refractivity contribution in [1.82, 2.24) is 4.98 Å². The van der Waals surface area contributed by atoms with Crippen LogP contribution >= 0.6 is 0 Å². The highest BCUT2D eigenvalue weighted by atomic mass is 16.1. The Hall–Kier alpha value is -1.62. The SMILES string of the molecule is Cc1cc(CN)cnc1N1CCC(C)(C(N)=O)C1. The molecule has 1 aliphatic heterocycles. The summed E-state index contributed by atoms with van der Waals surface area (Å²) in [6.07, 6.45) is 2.57. The molecule has 2 heterocycles. The molecule has 0 spiro atoms. The molecule has 0 radical (unpaired) electrons. The van der Waals surface area contributed by atoms with Crippen LogP contribution in [0.25, 0.3) is 0 Å². The van der Waals surface area contributed by atoms with Gasteiger partial charge in [0, 0.05) is 25.8 Å². The zero-order chi connectivity index (χ0) is 13.3. The van der Waals surface area contributed by atoms with Crippen molar-refractivity contribution >= 4 is 11.7 Å². The highest BCUT2D eigenvalue weighted by Gasteiger charge is 2.39. The van der Waals surface area contributed by atoms with E-state index in [9.17, 15) is 4.79 Å². The van der Waals surface area contributed by atoms with Gasteiger partial charge in [-0.1, -0.05) is 0 Å². The van der Waals surface area contributed by atoms with E-state index < -0.39 is 5.41 Å². The Kier molecular flexibility index (Phi) is 3.26. The average Bonchev–Trinajstić information content (AvgIpc) is 2.73. The maximum Gasteiger partial charge on any atom is 0.225 e. The number of hydrogen-bond acceptors (Lipinski definition) is 4. The fourth-order valence-corrected chi connectivity index (χ4v) is 2.41. The quantitative estimate of drug-likeness (QED) is 0.818. The number of carbonyl (C=O) groups excluding carboxylic acids is 1. The molecule has 5 nitrogen and oxygen atoms in total. The topological polar surface area (TPSA) is 85.2 Å². The lowest BCUT2D eigenvalue weighted by Crippen LogP contribution is -2.37. The van der Waals surface area contributed by atoms with Gasteiger partial charge in [0.1, 0.15) is 5.82 Å². The van der Waals surface area contributed by atoms with E-state index >= 15 is 0 Å². The molecular weight excluding hydrogens is 228 g/mol. The van der Waals surface area contributed by atoms with Crippen molar-refractivity contribution in [3.05, 3.63) is 23.4 Å². The van der Waals surface area contributed by atoms with E-state index in [2.05, 4.69) is 9.88 Å². The predicted molar refractivity (Wildman–Crippen MR) is 71.0 cm³/mol. The Morgan fingerprint density at radius 3 is 2.83 bits per heavy atom. The van der Waals surface area contributed by atoms with Gasteiger partial charge >= 0.3 is 0 Å². The molecule has 4 N–H and O–H groups in total. The van der Waals surface area contributed by atoms with Gasteiger partial charge in [0.25, 0.3) is 0 Å². The summed E-state index contributed by atoms with van der Waals surface area (Å²) in [6.45, 7) is 5.88. The second kappa shape index (κ2) is 4.57. The first-order valence-electron chi connectivity index (χ1n) is 6.17. The minimum atomic E-state index is -0.444. The van der Waals surface area contributed by atoms with E-state index in [4.69, 9.17) is 11.5 Å². The van der Waals surface area contributed by atoms with Crippen LogP contribution in [0.3, 0.4) is 0 Å². The minimum absolute atomic E-state index is 0.235. The molecule has 1 aromatic heterocycles. The molecule has 1 saturated heterocycles. The average molecular weight is 248 g/mol. The van der Waals surface area contributed by atoms with Crippen LogP contribution in [-0.4, -0.2) is 24.0 Å². The lowest BCUT2D eigenvalue weighted by atomic mass is 9.89. The van der Waals surface area contributed by atoms with E-state index in [0.29, 0.717) is 13.1 Å². The number of anilines is 1. The summed E-state index contributed by atoms with van der Waals surface area (Å²) in [7, 11) is 0. The summed E-state index contributed by atoms with van der Waals surface area (Å²) in [5.41, 5.74) is 12.7. The van der Waals surface area contributed by atoms with Crippen molar-refractivity contribution in [2.24, 2.45) is 16.9 Å². The highest BCUT2D eigenvalue weighted by molar-refractivity contribution is 5.82. The summed E-state index contributed by atoms with van der Waals surface area (Å²) in [6, 6.07) is 2.04. The zero-order valence-electron chi connectivity index (χ0n) is 10.9. The number of pyridine rings is 1. The van der Waals surface area contributed by atoms with Crippen LogP contribution in [0.5, 0.6) is 0 Å². The Morgan fingerprint density at radius 2 is 2.33 bits per heavy atom. The van der Waals surface area contributed by atoms with E-state index in [1.165, 1.54) is 0 Å². The molecule has 18 heavy (non-hydrogen) atoms. The van der Waals surface area contributed by atoms with Crippen LogP contribution in [0.2, 0.25) is 0 Å². The van der Waals surface area contributed by atoms with Gasteiger partial charge in [-0.3, -0.25) is 4.79 Å². The number of nitrogens with zero attached hydrogens (tertiary/aromatic N) is 2. The largest absolute Gasteiger partial charge is 0.369 e. The smallest absolute Gasteiger partial charge is 0.225 e. The van der Waals surface area contributed by atoms with Crippen LogP contribution in [0.4, 0.5) is 5.82 Å². The minimum Gasteiger partial charge on any atom is -0.369 e. The highest BCUT2D eigenvalue weighted by Crippen LogP contribution is 2.33. The fraction of sp³-hybridized carbons (Fsp3) is 0.538. The molecule has 0 saturated carbocycles. The summed E-state index contributed by atoms with van der Waals surface area (Å²) >= 11 is 0. The van der Waals surface area contributed by atoms with E-state index in [0.717, 1.165) is 29.9 Å². The third-order valence-electron chi connectivity index (χ3n) is 3.71. The Balaban J connectivity index is 2.22. The van der Waals surface area contributed by atoms with Gasteiger partial charge in [0.15, 0.2) is 0 Å². The van der Waals surface area contributed by atoms with Crippen molar-refractivity contribution in [2.45, 2.75) is 26.8 Å². The normalized spacial score (nSPS) is 23.4. The molecular formula is C13H20N4O. The van der Waals surface area contributed by atoms with Gasteiger partial charge < -0.3 is 16.4 Å². The third-order valence-corrected chi connectivity index (χ3v) is 3.71. The Labute approximate surface area is 107 Å². The molecule has 1 amide bonds. The van der Waals surface area contributed by atoms with Crippen LogP contribution in [0.15, 0.2) is 12.3 Å². The number of aromatic nitrogens is 1. The number of aryl methyl sites for hydroxylation is 1. The third kappa shape index (κ3) is 2.18. The first-order valence-corrected chi connectivity index (χ1v) is 6.17. The van der Waals surface area contributed by atoms with Crippen LogP contribution in [0, 0.1) is 12.3 Å². The van der Waals surface area contributed by atoms with Gasteiger partial charge in [0.05, 0.1) is 5.41 Å². The molecule has 0 aliphatic carbocycles. The predicted octanol–water partition coefficient (Wildman–Crippen LogP) is 0.550. The Morgan fingerprint density at radius 1 is 1.61 bits per heavy atom. The molecule has 0 bridgehead atoms. The van der Waals surface area contributed by atoms with Gasteiger partial charge in [-0.25, -0.2) is 4.98 Å². The summed E-state index contributed by atoms with van der Waals surface area (Å²) < 4.78 is 0. The molecule has 1 aliphatic rings.